The van der Waals surface area contributed by atoms with E-state index in [0.717, 1.165) is 18.2 Å². The molecule has 7 nitrogen and oxygen atoms in total. The summed E-state index contributed by atoms with van der Waals surface area (Å²) in [7, 11) is 0. The molecule has 1 saturated heterocycles. The molecule has 1 aromatic rings. The molecule has 0 saturated carbocycles. The lowest BCUT2D eigenvalue weighted by atomic mass is 9.96. The van der Waals surface area contributed by atoms with Crippen LogP contribution in [-0.4, -0.2) is 48.7 Å². The number of hydrogen-bond acceptors (Lipinski definition) is 5. The number of primary amides is 1. The monoisotopic (exact) mass is 400 g/mol. The first kappa shape index (κ1) is 21.3. The molecule has 0 aliphatic carbocycles. The summed E-state index contributed by atoms with van der Waals surface area (Å²) in [6, 6.07) is 4.88. The van der Waals surface area contributed by atoms with Crippen LogP contribution in [0.5, 0.6) is 5.75 Å². The van der Waals surface area contributed by atoms with Gasteiger partial charge in [-0.05, 0) is 36.6 Å². The van der Waals surface area contributed by atoms with Crippen LogP contribution in [0.25, 0.3) is 6.08 Å². The third-order valence-electron chi connectivity index (χ3n) is 4.11. The molecule has 1 aliphatic rings. The molecule has 28 heavy (non-hydrogen) atoms. The summed E-state index contributed by atoms with van der Waals surface area (Å²) in [6.07, 6.45) is -1.43. The number of carbonyl (C=O) groups excluding carboxylic acids is 3. The van der Waals surface area contributed by atoms with Crippen molar-refractivity contribution in [1.82, 2.24) is 4.90 Å². The normalized spacial score (nSPS) is 15.5. The third-order valence-corrected chi connectivity index (χ3v) is 4.11. The van der Waals surface area contributed by atoms with Gasteiger partial charge >= 0.3 is 12.3 Å². The van der Waals surface area contributed by atoms with Crippen molar-refractivity contribution in [2.24, 2.45) is 11.7 Å². The fourth-order valence-corrected chi connectivity index (χ4v) is 2.63. The summed E-state index contributed by atoms with van der Waals surface area (Å²) >= 11 is 0. The molecule has 10 heteroatoms. The molecule has 1 heterocycles. The maximum absolute atomic E-state index is 12.1. The molecule has 2 rings (SSSR count). The van der Waals surface area contributed by atoms with E-state index in [1.54, 1.807) is 0 Å². The predicted octanol–water partition coefficient (Wildman–Crippen LogP) is 1.87. The van der Waals surface area contributed by atoms with E-state index in [1.807, 2.05) is 0 Å². The second-order valence-electron chi connectivity index (χ2n) is 6.12. The number of rotatable bonds is 6. The second-order valence-corrected chi connectivity index (χ2v) is 6.12. The van der Waals surface area contributed by atoms with Crippen LogP contribution in [0, 0.1) is 5.92 Å². The highest BCUT2D eigenvalue weighted by Crippen LogP contribution is 2.23. The quantitative estimate of drug-likeness (QED) is 0.581. The Bertz CT molecular complexity index is 739. The van der Waals surface area contributed by atoms with Gasteiger partial charge in [0.2, 0.25) is 5.91 Å². The van der Waals surface area contributed by atoms with Crippen molar-refractivity contribution in [3.8, 4) is 5.75 Å². The highest BCUT2D eigenvalue weighted by molar-refractivity contribution is 5.89. The minimum atomic E-state index is -4.77. The van der Waals surface area contributed by atoms with Gasteiger partial charge in [0.15, 0.2) is 6.61 Å². The van der Waals surface area contributed by atoms with E-state index in [1.165, 1.54) is 23.1 Å². The number of ether oxygens (including phenoxy) is 2. The van der Waals surface area contributed by atoms with E-state index in [-0.39, 0.29) is 23.5 Å². The average molecular weight is 400 g/mol. The second kappa shape index (κ2) is 9.25. The van der Waals surface area contributed by atoms with Crippen molar-refractivity contribution >= 4 is 23.9 Å². The molecule has 1 aliphatic heterocycles. The van der Waals surface area contributed by atoms with Crippen molar-refractivity contribution in [1.29, 1.82) is 0 Å². The predicted molar refractivity (Wildman–Crippen MR) is 91.6 cm³/mol. The number of nitrogens with two attached hydrogens (primary N) is 1. The Morgan fingerprint density at radius 2 is 1.75 bits per heavy atom. The Kier molecular flexibility index (Phi) is 7.02. The first-order valence-corrected chi connectivity index (χ1v) is 8.42. The smallest absolute Gasteiger partial charge is 0.452 e. The van der Waals surface area contributed by atoms with Gasteiger partial charge in [0.25, 0.3) is 5.91 Å². The van der Waals surface area contributed by atoms with Crippen molar-refractivity contribution in [3.63, 3.8) is 0 Å². The molecule has 2 N–H and O–H groups in total. The maximum Gasteiger partial charge on any atom is 0.573 e. The molecule has 0 unspecified atom stereocenters. The molecule has 0 bridgehead atoms. The Hall–Kier alpha value is -3.04. The number of benzene rings is 1. The minimum absolute atomic E-state index is 0.248. The number of amides is 2. The van der Waals surface area contributed by atoms with Crippen LogP contribution in [0.15, 0.2) is 30.3 Å². The van der Waals surface area contributed by atoms with Crippen LogP contribution in [0.1, 0.15) is 18.4 Å². The molecule has 152 valence electrons. The zero-order chi connectivity index (χ0) is 20.7. The van der Waals surface area contributed by atoms with Crippen LogP contribution < -0.4 is 10.5 Å². The lowest BCUT2D eigenvalue weighted by molar-refractivity contribution is -0.274. The number of hydrogen-bond donors (Lipinski definition) is 1. The highest BCUT2D eigenvalue weighted by atomic mass is 19.4. The van der Waals surface area contributed by atoms with E-state index >= 15 is 0 Å². The number of likely N-dealkylation sites (tertiary alicyclic amines) is 1. The van der Waals surface area contributed by atoms with Crippen LogP contribution >= 0.6 is 0 Å². The summed E-state index contributed by atoms with van der Waals surface area (Å²) in [6.45, 7) is 0.293. The van der Waals surface area contributed by atoms with E-state index < -0.39 is 18.9 Å². The molecular weight excluding hydrogens is 381 g/mol. The molecular formula is C18H19F3N2O5. The van der Waals surface area contributed by atoms with Gasteiger partial charge in [-0.25, -0.2) is 4.79 Å². The Morgan fingerprint density at radius 1 is 1.14 bits per heavy atom. The summed E-state index contributed by atoms with van der Waals surface area (Å²) in [5.41, 5.74) is 5.68. The number of alkyl halides is 3. The van der Waals surface area contributed by atoms with Gasteiger partial charge in [0, 0.05) is 25.1 Å². The maximum atomic E-state index is 12.1. The Labute approximate surface area is 158 Å². The molecule has 0 radical (unpaired) electrons. The number of esters is 1. The van der Waals surface area contributed by atoms with Gasteiger partial charge in [-0.15, -0.1) is 13.2 Å². The molecule has 0 atom stereocenters. The lowest BCUT2D eigenvalue weighted by Gasteiger charge is -2.30. The Morgan fingerprint density at radius 3 is 2.29 bits per heavy atom. The van der Waals surface area contributed by atoms with E-state index in [4.69, 9.17) is 10.5 Å². The third kappa shape index (κ3) is 6.93. The van der Waals surface area contributed by atoms with Gasteiger partial charge in [-0.1, -0.05) is 12.1 Å². The topological polar surface area (TPSA) is 98.9 Å². The molecule has 0 spiro atoms. The molecule has 0 aromatic heterocycles. The molecule has 1 fully saturated rings. The van der Waals surface area contributed by atoms with Crippen molar-refractivity contribution in [3.05, 3.63) is 35.9 Å². The summed E-state index contributed by atoms with van der Waals surface area (Å²) in [4.78, 5) is 36.3. The van der Waals surface area contributed by atoms with Gasteiger partial charge in [0.1, 0.15) is 5.75 Å². The average Bonchev–Trinajstić information content (AvgIpc) is 2.64. The molecule has 1 aromatic carbocycles. The zero-order valence-corrected chi connectivity index (χ0v) is 14.8. The van der Waals surface area contributed by atoms with E-state index in [9.17, 15) is 27.6 Å². The fourth-order valence-electron chi connectivity index (χ4n) is 2.63. The van der Waals surface area contributed by atoms with Crippen LogP contribution in [0.3, 0.4) is 0 Å². The van der Waals surface area contributed by atoms with Gasteiger partial charge in [-0.2, -0.15) is 0 Å². The number of nitrogens with zero attached hydrogens (tertiary/aromatic N) is 1. The van der Waals surface area contributed by atoms with Crippen molar-refractivity contribution < 1.29 is 37.0 Å². The first-order chi connectivity index (χ1) is 13.1. The van der Waals surface area contributed by atoms with Crippen LogP contribution in [-0.2, 0) is 19.1 Å². The van der Waals surface area contributed by atoms with Crippen LogP contribution in [0.4, 0.5) is 13.2 Å². The summed E-state index contributed by atoms with van der Waals surface area (Å²) < 4.78 is 44.9. The largest absolute Gasteiger partial charge is 0.573 e. The summed E-state index contributed by atoms with van der Waals surface area (Å²) in [5.74, 6) is -2.16. The minimum Gasteiger partial charge on any atom is -0.452 e. The van der Waals surface area contributed by atoms with Gasteiger partial charge in [0.05, 0.1) is 0 Å². The standard InChI is InChI=1S/C18H19F3N2O5/c19-18(20,21)28-14-4-1-12(2-5-14)3-6-16(25)27-11-15(24)23-9-7-13(8-10-23)17(22)26/h1-6,13H,7-11H2,(H2,22,26)/b6-3+. The van der Waals surface area contributed by atoms with E-state index in [0.29, 0.717) is 31.5 Å². The zero-order valence-electron chi connectivity index (χ0n) is 14.8. The first-order valence-electron chi connectivity index (χ1n) is 8.42. The van der Waals surface area contributed by atoms with Crippen LogP contribution in [0.2, 0.25) is 0 Å². The lowest BCUT2D eigenvalue weighted by Crippen LogP contribution is -2.43. The SMILES string of the molecule is NC(=O)C1CCN(C(=O)COC(=O)/C=C/c2ccc(OC(F)(F)F)cc2)CC1. The highest BCUT2D eigenvalue weighted by Gasteiger charge is 2.31. The fraction of sp³-hybridized carbons (Fsp3) is 0.389. The van der Waals surface area contributed by atoms with E-state index in [2.05, 4.69) is 4.74 Å². The number of carbonyl (C=O) groups is 3. The van der Waals surface area contributed by atoms with Gasteiger partial charge in [-0.3, -0.25) is 9.59 Å². The summed E-state index contributed by atoms with van der Waals surface area (Å²) in [5, 5.41) is 0. The number of halogens is 3. The Balaban J connectivity index is 1.76. The van der Waals surface area contributed by atoms with Crippen molar-refractivity contribution in [2.45, 2.75) is 19.2 Å². The molecule has 2 amide bonds. The number of piperidine rings is 1. The van der Waals surface area contributed by atoms with Crippen molar-refractivity contribution in [2.75, 3.05) is 19.7 Å². The van der Waals surface area contributed by atoms with Gasteiger partial charge < -0.3 is 20.1 Å².